The lowest BCUT2D eigenvalue weighted by Crippen LogP contribution is -2.71. The number of hydrogen-bond donors (Lipinski definition) is 3. The first-order chi connectivity index (χ1) is 17.4. The summed E-state index contributed by atoms with van der Waals surface area (Å²) in [6.07, 6.45) is 4.85. The molecule has 12 nitrogen and oxygen atoms in total. The summed E-state index contributed by atoms with van der Waals surface area (Å²) >= 11 is 3.42. The molecule has 2 aromatic heterocycles. The zero-order valence-electron chi connectivity index (χ0n) is 18.4. The number of fused-ring (bicyclic) bond motifs is 1. The third-order valence-electron chi connectivity index (χ3n) is 4.78. The van der Waals surface area contributed by atoms with Gasteiger partial charge in [-0.2, -0.15) is 9.36 Å². The largest absolute Gasteiger partial charge is 0.477 e. The number of carboxylic acid groups (broad SMARTS) is 1. The first-order valence-corrected chi connectivity index (χ1v) is 13.0. The molecule has 2 aliphatic rings. The van der Waals surface area contributed by atoms with Gasteiger partial charge in [0.2, 0.25) is 11.5 Å². The van der Waals surface area contributed by atoms with Crippen LogP contribution in [0, 0.1) is 0 Å². The molecule has 4 N–H and O–H groups in total. The summed E-state index contributed by atoms with van der Waals surface area (Å²) in [5.41, 5.74) is 5.96. The van der Waals surface area contributed by atoms with Crippen LogP contribution < -0.4 is 11.1 Å². The Hall–Kier alpha value is -3.69. The maximum Gasteiger partial charge on any atom is 0.353 e. The lowest BCUT2D eigenvalue weighted by atomic mass is 10.0. The van der Waals surface area contributed by atoms with Gasteiger partial charge in [0.25, 0.3) is 11.8 Å². The maximum absolute atomic E-state index is 12.9. The summed E-state index contributed by atoms with van der Waals surface area (Å²) in [6.45, 7) is 3.54. The molecule has 0 spiro atoms. The number of anilines is 1. The molecule has 1 unspecified atom stereocenters. The number of pyridine rings is 1. The Bertz CT molecular complexity index is 1280. The van der Waals surface area contributed by atoms with Gasteiger partial charge >= 0.3 is 5.97 Å². The second kappa shape index (κ2) is 11.4. The van der Waals surface area contributed by atoms with Crippen LogP contribution >= 0.6 is 35.1 Å². The Labute approximate surface area is 217 Å². The van der Waals surface area contributed by atoms with Crippen LogP contribution in [0.4, 0.5) is 5.13 Å². The number of aromatic nitrogens is 3. The molecule has 4 heterocycles. The number of thioether (sulfide) groups is 2. The van der Waals surface area contributed by atoms with Crippen molar-refractivity contribution in [1.29, 1.82) is 0 Å². The Morgan fingerprint density at radius 2 is 2.28 bits per heavy atom. The van der Waals surface area contributed by atoms with Crippen molar-refractivity contribution < 1.29 is 24.3 Å². The standard InChI is InChI=1S/C21H19N7O5S3/c1-2-8-33-26-13(16-25-21(22)36-27-16)17(29)24-14-18(30)28-15(20(31)32)12(10-35-19(14)28)34-9-6-11-5-3-4-7-23-11/h2-7,9,14,19H,1,8,10H2,(H,24,29)(H,31,32)(H2,22,25,27)/b9-6+,26-13-/t14?,19-/m1/s1. The van der Waals surface area contributed by atoms with Crippen molar-refractivity contribution in [3.05, 3.63) is 64.6 Å². The smallest absolute Gasteiger partial charge is 0.353 e. The van der Waals surface area contributed by atoms with Crippen molar-refractivity contribution in [3.8, 4) is 0 Å². The van der Waals surface area contributed by atoms with Crippen LogP contribution in [0.1, 0.15) is 11.5 Å². The first-order valence-electron chi connectivity index (χ1n) is 10.3. The number of hydrogen-bond acceptors (Lipinski definition) is 12. The summed E-state index contributed by atoms with van der Waals surface area (Å²) in [5.74, 6) is -2.25. The number of nitrogens with two attached hydrogens (primary N) is 1. The van der Waals surface area contributed by atoms with Gasteiger partial charge in [0.1, 0.15) is 23.7 Å². The Kier molecular flexibility index (Phi) is 8.02. The Balaban J connectivity index is 1.49. The van der Waals surface area contributed by atoms with Crippen molar-refractivity contribution in [3.63, 3.8) is 0 Å². The summed E-state index contributed by atoms with van der Waals surface area (Å²) in [6, 6.07) is 4.49. The van der Waals surface area contributed by atoms with E-state index < -0.39 is 29.2 Å². The highest BCUT2D eigenvalue weighted by Gasteiger charge is 2.54. The summed E-state index contributed by atoms with van der Waals surface area (Å²) in [5, 5.41) is 17.4. The van der Waals surface area contributed by atoms with Crippen LogP contribution in [0.5, 0.6) is 0 Å². The lowest BCUT2D eigenvalue weighted by Gasteiger charge is -2.49. The van der Waals surface area contributed by atoms with E-state index in [2.05, 4.69) is 31.4 Å². The van der Waals surface area contributed by atoms with Crippen molar-refractivity contribution in [1.82, 2.24) is 24.6 Å². The summed E-state index contributed by atoms with van der Waals surface area (Å²) in [4.78, 5) is 52.8. The quantitative estimate of drug-likeness (QED) is 0.130. The highest BCUT2D eigenvalue weighted by atomic mass is 32.2. The highest BCUT2D eigenvalue weighted by molar-refractivity contribution is 8.08. The predicted molar refractivity (Wildman–Crippen MR) is 138 cm³/mol. The van der Waals surface area contributed by atoms with Gasteiger partial charge in [-0.15, -0.1) is 11.8 Å². The molecular formula is C21H19N7O5S3. The maximum atomic E-state index is 12.9. The van der Waals surface area contributed by atoms with Gasteiger partial charge in [-0.3, -0.25) is 19.5 Å². The minimum atomic E-state index is -1.23. The van der Waals surface area contributed by atoms with E-state index in [-0.39, 0.29) is 29.0 Å². The number of nitrogen functional groups attached to an aromatic ring is 1. The van der Waals surface area contributed by atoms with E-state index in [0.29, 0.717) is 10.7 Å². The average Bonchev–Trinajstić information content (AvgIpc) is 3.30. The molecule has 186 valence electrons. The molecule has 4 rings (SSSR count). The molecule has 0 bridgehead atoms. The van der Waals surface area contributed by atoms with Crippen molar-refractivity contribution in [2.24, 2.45) is 5.16 Å². The molecule has 1 saturated heterocycles. The van der Waals surface area contributed by atoms with E-state index in [0.717, 1.165) is 17.2 Å². The van der Waals surface area contributed by atoms with Gasteiger partial charge in [0, 0.05) is 28.4 Å². The number of rotatable bonds is 10. The lowest BCUT2D eigenvalue weighted by molar-refractivity contribution is -0.150. The topological polar surface area (TPSA) is 173 Å². The highest BCUT2D eigenvalue weighted by Crippen LogP contribution is 2.43. The van der Waals surface area contributed by atoms with Crippen LogP contribution in [0.3, 0.4) is 0 Å². The Morgan fingerprint density at radius 1 is 1.44 bits per heavy atom. The van der Waals surface area contributed by atoms with E-state index in [9.17, 15) is 19.5 Å². The molecule has 36 heavy (non-hydrogen) atoms. The SMILES string of the molecule is C=CCO/N=C(\C(=O)NC1C(=O)N2C(C(=O)O)=C(S/C=C/c3ccccn3)CS[C@H]12)c1nsc(N)n1. The van der Waals surface area contributed by atoms with Gasteiger partial charge in [-0.25, -0.2) is 4.79 Å². The molecule has 0 radical (unpaired) electrons. The van der Waals surface area contributed by atoms with Gasteiger partial charge in [0.05, 0.1) is 5.69 Å². The second-order valence-electron chi connectivity index (χ2n) is 7.09. The molecule has 2 atom stereocenters. The molecule has 0 aliphatic carbocycles. The van der Waals surface area contributed by atoms with Crippen molar-refractivity contribution in [2.45, 2.75) is 11.4 Å². The number of carbonyl (C=O) groups excluding carboxylic acids is 2. The Morgan fingerprint density at radius 3 is 2.94 bits per heavy atom. The number of oxime groups is 1. The van der Waals surface area contributed by atoms with Gasteiger partial charge < -0.3 is 21.0 Å². The van der Waals surface area contributed by atoms with Crippen LogP contribution in [0.15, 0.2) is 58.2 Å². The third kappa shape index (κ3) is 5.42. The fourth-order valence-electron chi connectivity index (χ4n) is 3.22. The molecule has 1 fully saturated rings. The normalized spacial score (nSPS) is 19.6. The zero-order valence-corrected chi connectivity index (χ0v) is 20.9. The average molecular weight is 546 g/mol. The van der Waals surface area contributed by atoms with Crippen molar-refractivity contribution in [2.75, 3.05) is 18.1 Å². The van der Waals surface area contributed by atoms with Crippen LogP contribution in [-0.2, 0) is 19.2 Å². The molecule has 0 saturated carbocycles. The molecule has 2 amide bonds. The minimum absolute atomic E-state index is 0.0347. The van der Waals surface area contributed by atoms with E-state index in [4.69, 9.17) is 10.6 Å². The van der Waals surface area contributed by atoms with Gasteiger partial charge in [-0.1, -0.05) is 35.6 Å². The molecule has 2 aliphatic heterocycles. The summed E-state index contributed by atoms with van der Waals surface area (Å²) in [7, 11) is 0. The van der Waals surface area contributed by atoms with Crippen LogP contribution in [0.25, 0.3) is 6.08 Å². The van der Waals surface area contributed by atoms with E-state index in [1.54, 1.807) is 23.7 Å². The first kappa shape index (κ1) is 25.4. The monoisotopic (exact) mass is 545 g/mol. The minimum Gasteiger partial charge on any atom is -0.477 e. The number of β-lactam (4-membered cyclic amide) rings is 1. The summed E-state index contributed by atoms with van der Waals surface area (Å²) < 4.78 is 3.97. The number of carbonyl (C=O) groups is 3. The van der Waals surface area contributed by atoms with E-state index in [1.807, 2.05) is 12.1 Å². The number of carboxylic acids is 1. The van der Waals surface area contributed by atoms with Crippen LogP contribution in [0.2, 0.25) is 0 Å². The zero-order chi connectivity index (χ0) is 25.7. The van der Waals surface area contributed by atoms with Gasteiger partial charge in [0.15, 0.2) is 5.13 Å². The number of amides is 2. The van der Waals surface area contributed by atoms with Gasteiger partial charge in [-0.05, 0) is 23.6 Å². The van der Waals surface area contributed by atoms with Crippen molar-refractivity contribution >= 4 is 69.8 Å². The predicted octanol–water partition coefficient (Wildman–Crippen LogP) is 1.52. The third-order valence-corrected chi connectivity index (χ3v) is 7.68. The fraction of sp³-hybridized carbons (Fsp3) is 0.190. The fourth-order valence-corrected chi connectivity index (χ4v) is 6.00. The number of nitrogens with one attached hydrogen (secondary N) is 1. The second-order valence-corrected chi connectivity index (χ2v) is 9.98. The number of aliphatic carboxylic acids is 1. The van der Waals surface area contributed by atoms with E-state index >= 15 is 0 Å². The molecular weight excluding hydrogens is 526 g/mol. The molecule has 2 aromatic rings. The number of nitrogens with zero attached hydrogens (tertiary/aromatic N) is 5. The molecule has 15 heteroatoms. The van der Waals surface area contributed by atoms with E-state index in [1.165, 1.54) is 34.5 Å². The molecule has 0 aromatic carbocycles. The van der Waals surface area contributed by atoms with Crippen LogP contribution in [-0.4, -0.2) is 71.6 Å².